The normalized spacial score (nSPS) is 17.7. The molecule has 2 fully saturated rings. The molecule has 17 heteroatoms. The number of alkyl halides is 3. The Bertz CT molecular complexity index is 1900. The number of hydrogen-bond donors (Lipinski definition) is 1. The molecule has 1 atom stereocenters. The zero-order chi connectivity index (χ0) is 32.7. The van der Waals surface area contributed by atoms with Crippen molar-refractivity contribution >= 4 is 22.8 Å². The van der Waals surface area contributed by atoms with Gasteiger partial charge in [0.05, 0.1) is 19.2 Å². The highest BCUT2D eigenvalue weighted by Crippen LogP contribution is 2.31. The number of nitrogens with zero attached hydrogens (tertiary/aromatic N) is 8. The van der Waals surface area contributed by atoms with Crippen LogP contribution in [0.15, 0.2) is 36.4 Å². The molecule has 2 saturated heterocycles. The summed E-state index contributed by atoms with van der Waals surface area (Å²) >= 11 is 5.81. The van der Waals surface area contributed by atoms with Crippen LogP contribution < -0.4 is 4.74 Å². The second-order valence-corrected chi connectivity index (χ2v) is 11.9. The molecule has 1 N–H and O–H groups in total. The Morgan fingerprint density at radius 3 is 2.47 bits per heavy atom. The zero-order valence-corrected chi connectivity index (χ0v) is 25.4. The van der Waals surface area contributed by atoms with Gasteiger partial charge in [0.2, 0.25) is 5.82 Å². The lowest BCUT2D eigenvalue weighted by molar-refractivity contribution is -0.144. The largest absolute Gasteiger partial charge is 0.471 e. The molecule has 47 heavy (non-hydrogen) atoms. The number of rotatable bonds is 9. The van der Waals surface area contributed by atoms with Gasteiger partial charge in [-0.2, -0.15) is 13.2 Å². The first kappa shape index (κ1) is 31.3. The second kappa shape index (κ2) is 12.7. The van der Waals surface area contributed by atoms with Crippen molar-refractivity contribution in [1.82, 2.24) is 44.8 Å². The number of pyridine rings is 1. The van der Waals surface area contributed by atoms with Crippen LogP contribution in [0.5, 0.6) is 5.88 Å². The summed E-state index contributed by atoms with van der Waals surface area (Å²) in [5.41, 5.74) is 1.97. The minimum absolute atomic E-state index is 0.000806. The molecule has 0 aliphatic carbocycles. The average molecular weight is 676 g/mol. The second-order valence-electron chi connectivity index (χ2n) is 11.5. The van der Waals surface area contributed by atoms with Gasteiger partial charge in [0.25, 0.3) is 5.88 Å². The van der Waals surface area contributed by atoms with Gasteiger partial charge in [-0.1, -0.05) is 17.7 Å². The van der Waals surface area contributed by atoms with Crippen LogP contribution in [-0.2, 0) is 30.6 Å². The fourth-order valence-corrected chi connectivity index (χ4v) is 5.83. The molecular weight excluding hydrogens is 649 g/mol. The molecule has 5 aromatic rings. The van der Waals surface area contributed by atoms with Gasteiger partial charge < -0.3 is 19.0 Å². The molecule has 6 heterocycles. The van der Waals surface area contributed by atoms with E-state index >= 15 is 0 Å². The first-order chi connectivity index (χ1) is 22.6. The van der Waals surface area contributed by atoms with Crippen LogP contribution in [0.1, 0.15) is 48.1 Å². The van der Waals surface area contributed by atoms with Gasteiger partial charge in [-0.15, -0.1) is 20.4 Å². The summed E-state index contributed by atoms with van der Waals surface area (Å²) in [7, 11) is 0. The van der Waals surface area contributed by atoms with Crippen molar-refractivity contribution in [2.24, 2.45) is 0 Å². The predicted octanol–water partition coefficient (Wildman–Crippen LogP) is 5.70. The number of aromatic nitrogens is 8. The van der Waals surface area contributed by atoms with E-state index in [4.69, 9.17) is 26.1 Å². The minimum Gasteiger partial charge on any atom is -0.471 e. The summed E-state index contributed by atoms with van der Waals surface area (Å²) in [6.07, 6.45) is -2.30. The van der Waals surface area contributed by atoms with Gasteiger partial charge in [0.1, 0.15) is 29.5 Å². The van der Waals surface area contributed by atoms with Crippen molar-refractivity contribution in [3.63, 3.8) is 0 Å². The lowest BCUT2D eigenvalue weighted by Crippen LogP contribution is -2.35. The van der Waals surface area contributed by atoms with Crippen LogP contribution in [0.3, 0.4) is 0 Å². The quantitative estimate of drug-likeness (QED) is 0.196. The zero-order valence-electron chi connectivity index (χ0n) is 24.6. The molecule has 7 rings (SSSR count). The van der Waals surface area contributed by atoms with Crippen LogP contribution in [0.25, 0.3) is 22.7 Å². The average Bonchev–Trinajstić information content (AvgIpc) is 3.65. The molecule has 246 valence electrons. The standard InChI is InChI=1S/C30H27ClF5N9O2/c31-18-2-1-17(21(33)11-18)15-47-28-20(32)3-4-22(38-28)16-5-8-44(9-6-16)14-25-37-24-12-23(26-39-29(43-41-26)30(34,35)36)40-42-27(24)45(25)13-19-7-10-46-19/h1-4,11-12,16,19H,5-10,13-15H2,(H,39,41,43). The Balaban J connectivity index is 1.04. The molecule has 1 unspecified atom stereocenters. The number of piperidine rings is 1. The fourth-order valence-electron chi connectivity index (χ4n) is 5.67. The van der Waals surface area contributed by atoms with E-state index in [2.05, 4.69) is 35.3 Å². The number of nitrogens with one attached hydrogen (secondary N) is 1. The maximum atomic E-state index is 14.5. The highest BCUT2D eigenvalue weighted by atomic mass is 35.5. The molecular formula is C30H27ClF5N9O2. The number of aromatic amines is 1. The van der Waals surface area contributed by atoms with E-state index in [0.29, 0.717) is 49.6 Å². The third kappa shape index (κ3) is 6.75. The van der Waals surface area contributed by atoms with E-state index in [-0.39, 0.29) is 46.6 Å². The van der Waals surface area contributed by atoms with E-state index < -0.39 is 23.6 Å². The molecule has 0 amide bonds. The van der Waals surface area contributed by atoms with Gasteiger partial charge in [-0.3, -0.25) is 4.90 Å². The number of fused-ring (bicyclic) bond motifs is 1. The third-order valence-electron chi connectivity index (χ3n) is 8.34. The summed E-state index contributed by atoms with van der Waals surface area (Å²) in [6, 6.07) is 8.68. The third-order valence-corrected chi connectivity index (χ3v) is 8.57. The molecule has 1 aromatic carbocycles. The van der Waals surface area contributed by atoms with Crippen molar-refractivity contribution in [2.45, 2.75) is 57.2 Å². The Labute approximate surface area is 269 Å². The molecule has 0 saturated carbocycles. The van der Waals surface area contributed by atoms with Gasteiger partial charge in [-0.25, -0.2) is 18.7 Å². The van der Waals surface area contributed by atoms with Crippen molar-refractivity contribution in [2.75, 3.05) is 19.7 Å². The maximum absolute atomic E-state index is 14.5. The number of H-pyrrole nitrogens is 1. The number of benzene rings is 1. The highest BCUT2D eigenvalue weighted by molar-refractivity contribution is 6.30. The Hall–Kier alpha value is -4.28. The Kier molecular flexibility index (Phi) is 8.48. The predicted molar refractivity (Wildman–Crippen MR) is 157 cm³/mol. The van der Waals surface area contributed by atoms with Gasteiger partial charge in [0.15, 0.2) is 17.3 Å². The number of ether oxygens (including phenoxy) is 2. The van der Waals surface area contributed by atoms with Crippen molar-refractivity contribution in [1.29, 1.82) is 0 Å². The summed E-state index contributed by atoms with van der Waals surface area (Å²) in [4.78, 5) is 13.6. The fraction of sp³-hybridized carbons (Fsp3) is 0.400. The van der Waals surface area contributed by atoms with Crippen LogP contribution in [0.2, 0.25) is 5.02 Å². The van der Waals surface area contributed by atoms with Crippen molar-refractivity contribution in [3.05, 3.63) is 76.0 Å². The monoisotopic (exact) mass is 675 g/mol. The molecule has 2 aliphatic heterocycles. The topological polar surface area (TPSA) is 120 Å². The van der Waals surface area contributed by atoms with E-state index in [0.717, 1.165) is 25.1 Å². The smallest absolute Gasteiger partial charge is 0.451 e. The summed E-state index contributed by atoms with van der Waals surface area (Å²) in [5.74, 6) is -1.97. The lowest BCUT2D eigenvalue weighted by Gasteiger charge is -2.32. The molecule has 4 aromatic heterocycles. The Morgan fingerprint density at radius 1 is 0.957 bits per heavy atom. The van der Waals surface area contributed by atoms with Crippen LogP contribution in [0, 0.1) is 11.6 Å². The van der Waals surface area contributed by atoms with Crippen molar-refractivity contribution in [3.8, 4) is 17.4 Å². The minimum atomic E-state index is -4.67. The van der Waals surface area contributed by atoms with E-state index in [1.165, 1.54) is 30.3 Å². The summed E-state index contributed by atoms with van der Waals surface area (Å²) < 4.78 is 80.9. The van der Waals surface area contributed by atoms with Gasteiger partial charge >= 0.3 is 6.18 Å². The van der Waals surface area contributed by atoms with Crippen molar-refractivity contribution < 1.29 is 31.4 Å². The maximum Gasteiger partial charge on any atom is 0.451 e. The van der Waals surface area contributed by atoms with E-state index in [1.807, 2.05) is 4.57 Å². The van der Waals surface area contributed by atoms with Crippen LogP contribution >= 0.6 is 11.6 Å². The van der Waals surface area contributed by atoms with Crippen LogP contribution in [0.4, 0.5) is 22.0 Å². The summed E-state index contributed by atoms with van der Waals surface area (Å²) in [6.45, 7) is 2.89. The van der Waals surface area contributed by atoms with Gasteiger partial charge in [-0.05, 0) is 62.7 Å². The first-order valence-corrected chi connectivity index (χ1v) is 15.3. The molecule has 2 aliphatic rings. The first-order valence-electron chi connectivity index (χ1n) is 14.9. The molecule has 0 radical (unpaired) electrons. The highest BCUT2D eigenvalue weighted by Gasteiger charge is 2.36. The van der Waals surface area contributed by atoms with Crippen LogP contribution in [-0.4, -0.2) is 70.6 Å². The molecule has 0 bridgehead atoms. The summed E-state index contributed by atoms with van der Waals surface area (Å²) in [5, 5.41) is 15.4. The lowest BCUT2D eigenvalue weighted by atomic mass is 9.93. The number of hydrogen-bond acceptors (Lipinski definition) is 9. The Morgan fingerprint density at radius 2 is 1.77 bits per heavy atom. The van der Waals surface area contributed by atoms with E-state index in [1.54, 1.807) is 6.07 Å². The van der Waals surface area contributed by atoms with E-state index in [9.17, 15) is 22.0 Å². The SMILES string of the molecule is Fc1cc(Cl)ccc1COc1nc(C2CCN(Cc3nc4cc(-c5nnc(C(F)(F)F)[nH]5)nnc4n3CC3CCO3)CC2)ccc1F. The molecule has 11 nitrogen and oxygen atoms in total. The number of likely N-dealkylation sites (tertiary alicyclic amines) is 1. The molecule has 0 spiro atoms. The van der Waals surface area contributed by atoms with Gasteiger partial charge in [0, 0.05) is 28.8 Å². The number of imidazole rings is 1. The number of halogens is 6.